The van der Waals surface area contributed by atoms with E-state index in [9.17, 15) is 0 Å². The second kappa shape index (κ2) is 10.0. The Kier molecular flexibility index (Phi) is 6.12. The van der Waals surface area contributed by atoms with Gasteiger partial charge in [0.05, 0.1) is 0 Å². The van der Waals surface area contributed by atoms with Crippen LogP contribution in [0.2, 0.25) is 0 Å². The SMILES string of the molecule is Nc1ccc(-[n+]2ccc(-c3cc[n+](-c4ccc(N)c(-c5ccccc5)c4)cc3)cc2)cc1-c1ccccc1. The highest BCUT2D eigenvalue weighted by Gasteiger charge is 2.13. The summed E-state index contributed by atoms with van der Waals surface area (Å²) < 4.78 is 4.22. The number of rotatable bonds is 5. The highest BCUT2D eigenvalue weighted by Crippen LogP contribution is 2.28. The number of nitrogens with two attached hydrogens (primary N) is 2. The maximum Gasteiger partial charge on any atom is 0.211 e. The van der Waals surface area contributed by atoms with E-state index in [0.717, 1.165) is 56.1 Å². The van der Waals surface area contributed by atoms with E-state index in [4.69, 9.17) is 11.5 Å². The fraction of sp³-hybridized carbons (Fsp3) is 0. The third-order valence-corrected chi connectivity index (χ3v) is 6.83. The molecule has 0 saturated carbocycles. The maximum absolute atomic E-state index is 6.28. The summed E-state index contributed by atoms with van der Waals surface area (Å²) in [4.78, 5) is 0. The lowest BCUT2D eigenvalue weighted by Crippen LogP contribution is -2.30. The lowest BCUT2D eigenvalue weighted by molar-refractivity contribution is -0.596. The van der Waals surface area contributed by atoms with Gasteiger partial charge in [-0.05, 0) is 34.4 Å². The van der Waals surface area contributed by atoms with Gasteiger partial charge in [-0.15, -0.1) is 0 Å². The number of nitrogen functional groups attached to an aromatic ring is 2. The van der Waals surface area contributed by atoms with Gasteiger partial charge < -0.3 is 11.5 Å². The van der Waals surface area contributed by atoms with Crippen LogP contribution >= 0.6 is 0 Å². The number of benzene rings is 4. The standard InChI is InChI=1S/C34H27N4/c35-33-13-11-29(23-31(33)27-7-3-1-4-8-27)37-19-15-25(16-20-37)26-17-21-38(22-18-26)30-12-14-34(36)32(24-30)28-9-5-2-6-10-28/h1-24,35H,36H2/q+1/p+1. The minimum atomic E-state index is 0.770. The van der Waals surface area contributed by atoms with Crippen molar-refractivity contribution < 1.29 is 9.13 Å². The molecule has 0 spiro atoms. The molecule has 4 heteroatoms. The van der Waals surface area contributed by atoms with Gasteiger partial charge in [-0.2, -0.15) is 9.13 Å². The highest BCUT2D eigenvalue weighted by molar-refractivity contribution is 5.78. The van der Waals surface area contributed by atoms with E-state index < -0.39 is 0 Å². The van der Waals surface area contributed by atoms with E-state index in [2.05, 4.69) is 94.6 Å². The number of pyridine rings is 2. The molecular formula is C34H28N4+2. The summed E-state index contributed by atoms with van der Waals surface area (Å²) in [5.41, 5.74) is 22.8. The van der Waals surface area contributed by atoms with Crippen molar-refractivity contribution in [2.24, 2.45) is 0 Å². The van der Waals surface area contributed by atoms with E-state index in [1.807, 2.05) is 60.7 Å². The van der Waals surface area contributed by atoms with Crippen LogP contribution in [0.25, 0.3) is 44.8 Å². The van der Waals surface area contributed by atoms with Crippen molar-refractivity contribution in [3.05, 3.63) is 146 Å². The van der Waals surface area contributed by atoms with Gasteiger partial charge >= 0.3 is 0 Å². The Morgan fingerprint density at radius 3 is 1.11 bits per heavy atom. The Bertz CT molecular complexity index is 1560. The fourth-order valence-corrected chi connectivity index (χ4v) is 4.73. The first-order valence-corrected chi connectivity index (χ1v) is 12.6. The van der Waals surface area contributed by atoms with Crippen molar-refractivity contribution >= 4 is 11.4 Å². The van der Waals surface area contributed by atoms with Crippen LogP contribution < -0.4 is 20.6 Å². The summed E-state index contributed by atoms with van der Waals surface area (Å²) in [6.45, 7) is 0. The maximum atomic E-state index is 6.28. The van der Waals surface area contributed by atoms with Gasteiger partial charge in [0.25, 0.3) is 0 Å². The molecule has 4 nitrogen and oxygen atoms in total. The van der Waals surface area contributed by atoms with Gasteiger partial charge in [-0.3, -0.25) is 0 Å². The summed E-state index contributed by atoms with van der Waals surface area (Å²) in [7, 11) is 0. The fourth-order valence-electron chi connectivity index (χ4n) is 4.73. The molecule has 0 bridgehead atoms. The Labute approximate surface area is 222 Å². The molecule has 0 unspecified atom stereocenters. The first-order chi connectivity index (χ1) is 18.7. The Morgan fingerprint density at radius 2 is 0.737 bits per heavy atom. The number of anilines is 2. The largest absolute Gasteiger partial charge is 0.398 e. The summed E-state index contributed by atoms with van der Waals surface area (Å²) in [5, 5.41) is 0. The molecule has 0 amide bonds. The number of nitrogens with zero attached hydrogens (tertiary/aromatic N) is 2. The molecular weight excluding hydrogens is 464 g/mol. The molecule has 6 rings (SSSR count). The van der Waals surface area contributed by atoms with E-state index in [0.29, 0.717) is 0 Å². The van der Waals surface area contributed by atoms with E-state index in [1.165, 1.54) is 0 Å². The molecule has 38 heavy (non-hydrogen) atoms. The van der Waals surface area contributed by atoms with E-state index in [-0.39, 0.29) is 0 Å². The van der Waals surface area contributed by atoms with Gasteiger partial charge in [-0.1, -0.05) is 60.7 Å². The normalized spacial score (nSPS) is 10.8. The third kappa shape index (κ3) is 4.63. The third-order valence-electron chi connectivity index (χ3n) is 6.83. The van der Waals surface area contributed by atoms with Crippen molar-refractivity contribution in [1.82, 2.24) is 0 Å². The molecule has 4 aromatic carbocycles. The van der Waals surface area contributed by atoms with Gasteiger partial charge in [0.1, 0.15) is 0 Å². The Balaban J connectivity index is 1.25. The topological polar surface area (TPSA) is 59.8 Å². The molecule has 0 radical (unpaired) electrons. The summed E-state index contributed by atoms with van der Waals surface area (Å²) >= 11 is 0. The van der Waals surface area contributed by atoms with Crippen molar-refractivity contribution in [3.63, 3.8) is 0 Å². The predicted octanol–water partition coefficient (Wildman–Crippen LogP) is 6.41. The average Bonchev–Trinajstić information content (AvgIpc) is 2.99. The van der Waals surface area contributed by atoms with Gasteiger partial charge in [0, 0.05) is 71.0 Å². The summed E-state index contributed by atoms with van der Waals surface area (Å²) in [5.74, 6) is 0. The molecule has 182 valence electrons. The molecule has 2 heterocycles. The quantitative estimate of drug-likeness (QED) is 0.216. The number of aromatic nitrogens is 2. The van der Waals surface area contributed by atoms with Crippen LogP contribution in [0, 0.1) is 0 Å². The van der Waals surface area contributed by atoms with Gasteiger partial charge in [0.15, 0.2) is 24.8 Å². The molecule has 0 aliphatic carbocycles. The minimum absolute atomic E-state index is 0.770. The first-order valence-electron chi connectivity index (χ1n) is 12.6. The Morgan fingerprint density at radius 1 is 0.368 bits per heavy atom. The lowest BCUT2D eigenvalue weighted by Gasteiger charge is -2.07. The zero-order valence-corrected chi connectivity index (χ0v) is 20.9. The van der Waals surface area contributed by atoms with Crippen LogP contribution in [-0.4, -0.2) is 0 Å². The molecule has 0 aliphatic heterocycles. The first kappa shape index (κ1) is 23.2. The second-order valence-corrected chi connectivity index (χ2v) is 9.26. The van der Waals surface area contributed by atoms with Gasteiger partial charge in [0.2, 0.25) is 11.4 Å². The molecule has 4 N–H and O–H groups in total. The monoisotopic (exact) mass is 492 g/mol. The average molecular weight is 493 g/mol. The van der Waals surface area contributed by atoms with Crippen molar-refractivity contribution in [3.8, 4) is 44.8 Å². The van der Waals surface area contributed by atoms with Crippen LogP contribution in [0.4, 0.5) is 11.4 Å². The second-order valence-electron chi connectivity index (χ2n) is 9.26. The molecule has 0 fully saturated rings. The van der Waals surface area contributed by atoms with Crippen LogP contribution in [0.1, 0.15) is 0 Å². The lowest BCUT2D eigenvalue weighted by atomic mass is 10.0. The van der Waals surface area contributed by atoms with Gasteiger partial charge in [-0.25, -0.2) is 0 Å². The van der Waals surface area contributed by atoms with Crippen LogP contribution in [0.5, 0.6) is 0 Å². The zero-order chi connectivity index (χ0) is 25.9. The molecule has 6 aromatic rings. The van der Waals surface area contributed by atoms with Crippen LogP contribution in [0.3, 0.4) is 0 Å². The van der Waals surface area contributed by atoms with Crippen molar-refractivity contribution in [2.75, 3.05) is 11.5 Å². The zero-order valence-electron chi connectivity index (χ0n) is 20.9. The Hall–Kier alpha value is -5.22. The minimum Gasteiger partial charge on any atom is -0.398 e. The van der Waals surface area contributed by atoms with Crippen LogP contribution in [-0.2, 0) is 0 Å². The number of hydrogen-bond donors (Lipinski definition) is 2. The molecule has 0 atom stereocenters. The smallest absolute Gasteiger partial charge is 0.211 e. The highest BCUT2D eigenvalue weighted by atomic mass is 14.9. The summed E-state index contributed by atoms with van der Waals surface area (Å²) in [6.07, 6.45) is 8.34. The van der Waals surface area contributed by atoms with Crippen molar-refractivity contribution in [1.29, 1.82) is 0 Å². The molecule has 0 aliphatic rings. The predicted molar refractivity (Wildman–Crippen MR) is 155 cm³/mol. The van der Waals surface area contributed by atoms with Crippen LogP contribution in [0.15, 0.2) is 146 Å². The molecule has 0 saturated heterocycles. The van der Waals surface area contributed by atoms with E-state index >= 15 is 0 Å². The van der Waals surface area contributed by atoms with Crippen molar-refractivity contribution in [2.45, 2.75) is 0 Å². The number of hydrogen-bond acceptors (Lipinski definition) is 2. The van der Waals surface area contributed by atoms with E-state index in [1.54, 1.807) is 0 Å². The summed E-state index contributed by atoms with van der Waals surface area (Å²) in [6, 6.07) is 41.3. The molecule has 2 aromatic heterocycles.